The van der Waals surface area contributed by atoms with Crippen molar-refractivity contribution in [2.24, 2.45) is 0 Å². The number of hydrogen-bond acceptors (Lipinski definition) is 1. The first-order chi connectivity index (χ1) is 23.8. The van der Waals surface area contributed by atoms with E-state index in [1.165, 1.54) is 55.6 Å². The third kappa shape index (κ3) is 5.27. The third-order valence-corrected chi connectivity index (χ3v) is 11.0. The monoisotopic (exact) mass is 631 g/mol. The minimum Gasteiger partial charge on any atom is -0.311 e. The van der Waals surface area contributed by atoms with E-state index in [0.717, 1.165) is 17.1 Å². The first kappa shape index (κ1) is 30.7. The van der Waals surface area contributed by atoms with Gasteiger partial charge in [-0.2, -0.15) is 0 Å². The van der Waals surface area contributed by atoms with Gasteiger partial charge in [0.15, 0.2) is 0 Å². The lowest BCUT2D eigenvalue weighted by atomic mass is 9.54. The zero-order valence-electron chi connectivity index (χ0n) is 28.7. The van der Waals surface area contributed by atoms with Gasteiger partial charge in [0, 0.05) is 22.5 Å². The molecule has 8 rings (SSSR count). The third-order valence-electron chi connectivity index (χ3n) is 11.0. The van der Waals surface area contributed by atoms with E-state index in [1.807, 2.05) is 0 Å². The first-order valence-corrected chi connectivity index (χ1v) is 17.3. The van der Waals surface area contributed by atoms with Crippen LogP contribution in [0.3, 0.4) is 0 Å². The maximum atomic E-state index is 2.42. The highest BCUT2D eigenvalue weighted by Crippen LogP contribution is 2.56. The van der Waals surface area contributed by atoms with Gasteiger partial charge in [0.05, 0.1) is 0 Å². The molecule has 1 aliphatic carbocycles. The molecule has 0 amide bonds. The molecule has 238 valence electrons. The number of fused-ring (bicyclic) bond motifs is 3. The highest BCUT2D eigenvalue weighted by atomic mass is 15.1. The van der Waals surface area contributed by atoms with Crippen LogP contribution in [0.4, 0.5) is 17.1 Å². The summed E-state index contributed by atoms with van der Waals surface area (Å²) < 4.78 is 0. The molecule has 1 heteroatoms. The van der Waals surface area contributed by atoms with E-state index in [0.29, 0.717) is 0 Å². The Morgan fingerprint density at radius 1 is 0.327 bits per heavy atom. The molecule has 1 aliphatic rings. The second kappa shape index (κ2) is 12.1. The van der Waals surface area contributed by atoms with Crippen LogP contribution in [-0.2, 0) is 10.8 Å². The number of nitrogens with zero attached hydrogens (tertiary/aromatic N) is 1. The molecule has 1 nitrogen and oxygen atoms in total. The van der Waals surface area contributed by atoms with Gasteiger partial charge in [-0.15, -0.1) is 0 Å². The summed E-state index contributed by atoms with van der Waals surface area (Å²) in [4.78, 5) is 2.33. The fourth-order valence-corrected chi connectivity index (χ4v) is 7.71. The number of benzene rings is 7. The van der Waals surface area contributed by atoms with Crippen LogP contribution in [0.1, 0.15) is 38.8 Å². The van der Waals surface area contributed by atoms with E-state index >= 15 is 0 Å². The predicted octanol–water partition coefficient (Wildman–Crippen LogP) is 13.4. The molecule has 49 heavy (non-hydrogen) atoms. The SMILES string of the molecule is CC1(C)c2ccc(-c3ccc(N(c4ccccc4)c4ccc(-c5ccccc5)cc4)cc3)cc2-c2cccc(-c3ccccc3)c2C1(C)C. The summed E-state index contributed by atoms with van der Waals surface area (Å²) >= 11 is 0. The van der Waals surface area contributed by atoms with Crippen molar-refractivity contribution in [2.45, 2.75) is 38.5 Å². The second-order valence-corrected chi connectivity index (χ2v) is 14.2. The average Bonchev–Trinajstić information content (AvgIpc) is 3.15. The van der Waals surface area contributed by atoms with Crippen molar-refractivity contribution in [1.82, 2.24) is 0 Å². The number of hydrogen-bond donors (Lipinski definition) is 0. The molecule has 0 aliphatic heterocycles. The molecular formula is C48H41N. The molecule has 0 N–H and O–H groups in total. The highest BCUT2D eigenvalue weighted by molar-refractivity contribution is 5.88. The van der Waals surface area contributed by atoms with Gasteiger partial charge in [-0.05, 0) is 104 Å². The Morgan fingerprint density at radius 3 is 1.37 bits per heavy atom. The minimum absolute atomic E-state index is 0.0607. The Morgan fingerprint density at radius 2 is 0.776 bits per heavy atom. The molecule has 0 radical (unpaired) electrons. The van der Waals surface area contributed by atoms with Crippen LogP contribution in [0.25, 0.3) is 44.5 Å². The second-order valence-electron chi connectivity index (χ2n) is 14.2. The van der Waals surface area contributed by atoms with Crippen LogP contribution in [0.2, 0.25) is 0 Å². The Kier molecular flexibility index (Phi) is 7.57. The van der Waals surface area contributed by atoms with E-state index in [2.05, 4.69) is 209 Å². The first-order valence-electron chi connectivity index (χ1n) is 17.3. The molecule has 0 spiro atoms. The maximum absolute atomic E-state index is 2.42. The number of anilines is 3. The normalized spacial score (nSPS) is 14.0. The molecule has 0 heterocycles. The van der Waals surface area contributed by atoms with Crippen molar-refractivity contribution in [1.29, 1.82) is 0 Å². The maximum Gasteiger partial charge on any atom is 0.0462 e. The summed E-state index contributed by atoms with van der Waals surface area (Å²) in [6.07, 6.45) is 0. The fourth-order valence-electron chi connectivity index (χ4n) is 7.71. The van der Waals surface area contributed by atoms with Crippen LogP contribution >= 0.6 is 0 Å². The lowest BCUT2D eigenvalue weighted by molar-refractivity contribution is 0.300. The van der Waals surface area contributed by atoms with Crippen molar-refractivity contribution < 1.29 is 0 Å². The van der Waals surface area contributed by atoms with E-state index < -0.39 is 0 Å². The lowest BCUT2D eigenvalue weighted by Gasteiger charge is -2.49. The Hall–Kier alpha value is -5.66. The zero-order valence-corrected chi connectivity index (χ0v) is 28.7. The molecule has 0 aromatic heterocycles. The average molecular weight is 632 g/mol. The van der Waals surface area contributed by atoms with Crippen LogP contribution in [0.15, 0.2) is 176 Å². The number of rotatable bonds is 6. The molecule has 0 unspecified atom stereocenters. The summed E-state index contributed by atoms with van der Waals surface area (Å²) in [6, 6.07) is 63.9. The molecule has 0 atom stereocenters. The summed E-state index contributed by atoms with van der Waals surface area (Å²) in [5.41, 5.74) is 16.3. The van der Waals surface area contributed by atoms with Crippen LogP contribution in [0, 0.1) is 0 Å². The Balaban J connectivity index is 1.19. The summed E-state index contributed by atoms with van der Waals surface area (Å²) in [5, 5.41) is 0. The van der Waals surface area contributed by atoms with Crippen LogP contribution in [0.5, 0.6) is 0 Å². The van der Waals surface area contributed by atoms with Crippen molar-refractivity contribution in [3.63, 3.8) is 0 Å². The van der Waals surface area contributed by atoms with Gasteiger partial charge in [-0.3, -0.25) is 0 Å². The molecule has 0 saturated heterocycles. The lowest BCUT2D eigenvalue weighted by Crippen LogP contribution is -2.44. The van der Waals surface area contributed by atoms with Gasteiger partial charge in [-0.1, -0.05) is 161 Å². The van der Waals surface area contributed by atoms with Crippen molar-refractivity contribution in [2.75, 3.05) is 4.90 Å². The van der Waals surface area contributed by atoms with Gasteiger partial charge in [0.2, 0.25) is 0 Å². The summed E-state index contributed by atoms with van der Waals surface area (Å²) in [5.74, 6) is 0. The van der Waals surface area contributed by atoms with Crippen molar-refractivity contribution in [3.05, 3.63) is 187 Å². The minimum atomic E-state index is -0.0644. The van der Waals surface area contributed by atoms with Gasteiger partial charge in [0.1, 0.15) is 0 Å². The van der Waals surface area contributed by atoms with E-state index in [4.69, 9.17) is 0 Å². The number of para-hydroxylation sites is 1. The van der Waals surface area contributed by atoms with Crippen molar-refractivity contribution in [3.8, 4) is 44.5 Å². The quantitative estimate of drug-likeness (QED) is 0.176. The van der Waals surface area contributed by atoms with Gasteiger partial charge < -0.3 is 4.90 Å². The molecular weight excluding hydrogens is 591 g/mol. The molecule has 0 bridgehead atoms. The van der Waals surface area contributed by atoms with Crippen molar-refractivity contribution >= 4 is 17.1 Å². The molecule has 0 saturated carbocycles. The van der Waals surface area contributed by atoms with Crippen LogP contribution in [-0.4, -0.2) is 0 Å². The topological polar surface area (TPSA) is 3.24 Å². The molecule has 7 aromatic rings. The predicted molar refractivity (Wildman–Crippen MR) is 209 cm³/mol. The highest BCUT2D eigenvalue weighted by Gasteiger charge is 2.47. The largest absolute Gasteiger partial charge is 0.311 e. The summed E-state index contributed by atoms with van der Waals surface area (Å²) in [7, 11) is 0. The van der Waals surface area contributed by atoms with E-state index in [1.54, 1.807) is 0 Å². The summed E-state index contributed by atoms with van der Waals surface area (Å²) in [6.45, 7) is 9.66. The fraction of sp³-hybridized carbons (Fsp3) is 0.125. The molecule has 7 aromatic carbocycles. The smallest absolute Gasteiger partial charge is 0.0462 e. The van der Waals surface area contributed by atoms with E-state index in [9.17, 15) is 0 Å². The molecule has 0 fully saturated rings. The van der Waals surface area contributed by atoms with Gasteiger partial charge in [0.25, 0.3) is 0 Å². The van der Waals surface area contributed by atoms with Gasteiger partial charge in [-0.25, -0.2) is 0 Å². The zero-order chi connectivity index (χ0) is 33.6. The Bertz CT molecular complexity index is 2230. The van der Waals surface area contributed by atoms with E-state index in [-0.39, 0.29) is 10.8 Å². The van der Waals surface area contributed by atoms with Crippen LogP contribution < -0.4 is 4.90 Å². The standard InChI is InChI=1S/C48H41N/c1-47(2)45-32-27-38(33-44(45)43-22-14-21-42(46(43)48(47,3)4)37-17-10-6-11-18-37)36-25-30-41(31-26-36)49(39-19-12-7-13-20-39)40-28-23-35(24-29-40)34-15-8-5-9-16-34/h5-33H,1-4H3. The Labute approximate surface area is 291 Å². The van der Waals surface area contributed by atoms with Gasteiger partial charge >= 0.3 is 0 Å².